The van der Waals surface area contributed by atoms with E-state index in [1.165, 1.54) is 0 Å². The number of anilines is 1. The van der Waals surface area contributed by atoms with Crippen LogP contribution in [0.5, 0.6) is 0 Å². The molecule has 1 amide bonds. The number of hydrogen-bond acceptors (Lipinski definition) is 3. The van der Waals surface area contributed by atoms with E-state index in [4.69, 9.17) is 29.6 Å². The lowest BCUT2D eigenvalue weighted by atomic mass is 10.1. The van der Waals surface area contributed by atoms with Crippen LogP contribution in [0.15, 0.2) is 18.2 Å². The number of nitrogens with one attached hydrogen (secondary N) is 1. The van der Waals surface area contributed by atoms with Crippen molar-refractivity contribution in [1.29, 1.82) is 0 Å². The van der Waals surface area contributed by atoms with E-state index in [1.54, 1.807) is 30.0 Å². The second-order valence-corrected chi connectivity index (χ2v) is 5.21. The zero-order chi connectivity index (χ0) is 12.8. The number of amides is 1. The molecule has 3 N–H and O–H groups in total. The van der Waals surface area contributed by atoms with Crippen molar-refractivity contribution < 1.29 is 4.79 Å². The number of hydrogen-bond donors (Lipinski definition) is 2. The van der Waals surface area contributed by atoms with Gasteiger partial charge in [-0.3, -0.25) is 4.79 Å². The molecular formula is C11H13ClN2OS2. The minimum Gasteiger partial charge on any atom is -0.389 e. The van der Waals surface area contributed by atoms with Crippen LogP contribution in [0.3, 0.4) is 0 Å². The number of halogens is 1. The van der Waals surface area contributed by atoms with Crippen LogP contribution in [-0.4, -0.2) is 22.9 Å². The van der Waals surface area contributed by atoms with Gasteiger partial charge < -0.3 is 11.1 Å². The van der Waals surface area contributed by atoms with Crippen LogP contribution in [0.25, 0.3) is 0 Å². The smallest absolute Gasteiger partial charge is 0.225 e. The van der Waals surface area contributed by atoms with Gasteiger partial charge in [-0.2, -0.15) is 11.8 Å². The number of thiocarbonyl (C=S) groups is 1. The van der Waals surface area contributed by atoms with Crippen LogP contribution < -0.4 is 11.1 Å². The standard InChI is InChI=1S/C11H13ClN2OS2/c1-17-5-4-10(15)14-9-6-7(12)2-3-8(9)11(13)16/h2-3,6H,4-5H2,1H3,(H2,13,16)(H,14,15). The van der Waals surface area contributed by atoms with Crippen molar-refractivity contribution in [2.24, 2.45) is 5.73 Å². The number of carbonyl (C=O) groups is 1. The normalized spacial score (nSPS) is 10.0. The van der Waals surface area contributed by atoms with E-state index in [-0.39, 0.29) is 10.9 Å². The van der Waals surface area contributed by atoms with E-state index >= 15 is 0 Å². The Kier molecular flexibility index (Phi) is 5.74. The van der Waals surface area contributed by atoms with E-state index in [1.807, 2.05) is 6.26 Å². The molecule has 1 aromatic rings. The predicted molar refractivity (Wildman–Crippen MR) is 79.0 cm³/mol. The summed E-state index contributed by atoms with van der Waals surface area (Å²) in [5, 5.41) is 3.30. The number of thioether (sulfide) groups is 1. The van der Waals surface area contributed by atoms with Crippen LogP contribution in [0.2, 0.25) is 5.02 Å². The summed E-state index contributed by atoms with van der Waals surface area (Å²) in [4.78, 5) is 11.8. The molecule has 0 aliphatic carbocycles. The summed E-state index contributed by atoms with van der Waals surface area (Å²) in [6.45, 7) is 0. The molecule has 0 heterocycles. The van der Waals surface area contributed by atoms with E-state index in [2.05, 4.69) is 5.32 Å². The zero-order valence-corrected chi connectivity index (χ0v) is 11.7. The van der Waals surface area contributed by atoms with Gasteiger partial charge in [0, 0.05) is 22.8 Å². The molecule has 3 nitrogen and oxygen atoms in total. The van der Waals surface area contributed by atoms with Gasteiger partial charge in [0.1, 0.15) is 4.99 Å². The van der Waals surface area contributed by atoms with Crippen LogP contribution in [-0.2, 0) is 4.79 Å². The largest absolute Gasteiger partial charge is 0.389 e. The summed E-state index contributed by atoms with van der Waals surface area (Å²) in [5.41, 5.74) is 6.77. The van der Waals surface area contributed by atoms with Crippen molar-refractivity contribution in [3.63, 3.8) is 0 Å². The fraction of sp³-hybridized carbons (Fsp3) is 0.273. The summed E-state index contributed by atoms with van der Waals surface area (Å²) in [6, 6.07) is 5.04. The Hall–Kier alpha value is -0.780. The maximum atomic E-state index is 11.6. The number of benzene rings is 1. The summed E-state index contributed by atoms with van der Waals surface area (Å²) < 4.78 is 0. The Morgan fingerprint density at radius 1 is 1.59 bits per heavy atom. The lowest BCUT2D eigenvalue weighted by Gasteiger charge is -2.10. The molecule has 0 aliphatic heterocycles. The highest BCUT2D eigenvalue weighted by Gasteiger charge is 2.09. The average Bonchev–Trinajstić information content (AvgIpc) is 2.26. The number of nitrogens with two attached hydrogens (primary N) is 1. The highest BCUT2D eigenvalue weighted by molar-refractivity contribution is 7.98. The Morgan fingerprint density at radius 2 is 2.29 bits per heavy atom. The molecule has 92 valence electrons. The van der Waals surface area contributed by atoms with Gasteiger partial charge in [-0.05, 0) is 24.5 Å². The maximum Gasteiger partial charge on any atom is 0.225 e. The minimum absolute atomic E-state index is 0.0703. The lowest BCUT2D eigenvalue weighted by Crippen LogP contribution is -2.17. The molecular weight excluding hydrogens is 276 g/mol. The van der Waals surface area contributed by atoms with Crippen molar-refractivity contribution in [3.8, 4) is 0 Å². The molecule has 0 aliphatic rings. The van der Waals surface area contributed by atoms with Crippen LogP contribution in [0.4, 0.5) is 5.69 Å². The third-order valence-corrected chi connectivity index (χ3v) is 3.12. The summed E-state index contributed by atoms with van der Waals surface area (Å²) in [6.07, 6.45) is 2.40. The Bertz CT molecular complexity index is 437. The topological polar surface area (TPSA) is 55.1 Å². The van der Waals surface area contributed by atoms with Crippen molar-refractivity contribution in [3.05, 3.63) is 28.8 Å². The van der Waals surface area contributed by atoms with Gasteiger partial charge in [0.2, 0.25) is 5.91 Å². The van der Waals surface area contributed by atoms with Crippen LogP contribution in [0.1, 0.15) is 12.0 Å². The third kappa shape index (κ3) is 4.53. The van der Waals surface area contributed by atoms with Crippen molar-refractivity contribution in [2.75, 3.05) is 17.3 Å². The zero-order valence-electron chi connectivity index (χ0n) is 9.33. The van der Waals surface area contributed by atoms with E-state index in [0.717, 1.165) is 5.75 Å². The highest BCUT2D eigenvalue weighted by Crippen LogP contribution is 2.21. The molecule has 0 saturated carbocycles. The van der Waals surface area contributed by atoms with Gasteiger partial charge >= 0.3 is 0 Å². The van der Waals surface area contributed by atoms with Gasteiger partial charge in [-0.15, -0.1) is 0 Å². The first-order chi connectivity index (χ1) is 8.04. The van der Waals surface area contributed by atoms with Gasteiger partial charge in [0.25, 0.3) is 0 Å². The molecule has 0 radical (unpaired) electrons. The SMILES string of the molecule is CSCCC(=O)Nc1cc(Cl)ccc1C(N)=S. The first-order valence-electron chi connectivity index (χ1n) is 4.92. The molecule has 0 bridgehead atoms. The quantitative estimate of drug-likeness (QED) is 0.818. The van der Waals surface area contributed by atoms with Crippen molar-refractivity contribution in [1.82, 2.24) is 0 Å². The molecule has 1 aromatic carbocycles. The number of carbonyl (C=O) groups excluding carboxylic acids is 1. The second kappa shape index (κ2) is 6.83. The molecule has 17 heavy (non-hydrogen) atoms. The first kappa shape index (κ1) is 14.3. The first-order valence-corrected chi connectivity index (χ1v) is 7.10. The predicted octanol–water partition coefficient (Wildman–Crippen LogP) is 2.67. The van der Waals surface area contributed by atoms with Crippen LogP contribution in [0, 0.1) is 0 Å². The van der Waals surface area contributed by atoms with Crippen LogP contribution >= 0.6 is 35.6 Å². The second-order valence-electron chi connectivity index (χ2n) is 3.35. The molecule has 0 unspecified atom stereocenters. The highest BCUT2D eigenvalue weighted by atomic mass is 35.5. The fourth-order valence-corrected chi connectivity index (χ4v) is 1.98. The number of rotatable bonds is 5. The molecule has 0 spiro atoms. The summed E-state index contributed by atoms with van der Waals surface area (Å²) in [5.74, 6) is 0.702. The minimum atomic E-state index is -0.0703. The fourth-order valence-electron chi connectivity index (χ4n) is 1.24. The van der Waals surface area contributed by atoms with E-state index in [0.29, 0.717) is 22.7 Å². The molecule has 6 heteroatoms. The van der Waals surface area contributed by atoms with Gasteiger partial charge in [0.15, 0.2) is 0 Å². The third-order valence-electron chi connectivity index (χ3n) is 2.05. The molecule has 0 saturated heterocycles. The monoisotopic (exact) mass is 288 g/mol. The molecule has 0 fully saturated rings. The van der Waals surface area contributed by atoms with E-state index in [9.17, 15) is 4.79 Å². The summed E-state index contributed by atoms with van der Waals surface area (Å²) in [7, 11) is 0. The van der Waals surface area contributed by atoms with E-state index < -0.39 is 0 Å². The Morgan fingerprint density at radius 3 is 2.88 bits per heavy atom. The van der Waals surface area contributed by atoms with Gasteiger partial charge in [0.05, 0.1) is 5.69 Å². The Balaban J connectivity index is 2.85. The van der Waals surface area contributed by atoms with Crippen molar-refractivity contribution in [2.45, 2.75) is 6.42 Å². The molecule has 1 rings (SSSR count). The lowest BCUT2D eigenvalue weighted by molar-refractivity contribution is -0.115. The summed E-state index contributed by atoms with van der Waals surface area (Å²) >= 11 is 12.4. The maximum absolute atomic E-state index is 11.6. The van der Waals surface area contributed by atoms with Gasteiger partial charge in [-0.1, -0.05) is 23.8 Å². The molecule has 0 aromatic heterocycles. The van der Waals surface area contributed by atoms with Crippen molar-refractivity contribution >= 4 is 52.2 Å². The average molecular weight is 289 g/mol. The van der Waals surface area contributed by atoms with Gasteiger partial charge in [-0.25, -0.2) is 0 Å². The Labute approximate surface area is 115 Å². The molecule has 0 atom stereocenters.